The number of benzene rings is 2. The van der Waals surface area contributed by atoms with Crippen LogP contribution in [-0.4, -0.2) is 17.4 Å². The Morgan fingerprint density at radius 1 is 1.04 bits per heavy atom. The molecule has 1 atom stereocenters. The average Bonchev–Trinajstić information content (AvgIpc) is 2.74. The second kappa shape index (κ2) is 5.61. The highest BCUT2D eigenvalue weighted by atomic mass is 79.9. The third-order valence-corrected chi connectivity index (χ3v) is 5.56. The summed E-state index contributed by atoms with van der Waals surface area (Å²) in [5.74, 6) is 0.679. The van der Waals surface area contributed by atoms with E-state index in [9.17, 15) is 4.79 Å². The van der Waals surface area contributed by atoms with Crippen LogP contribution in [0.15, 0.2) is 57.5 Å². The predicted octanol–water partition coefficient (Wildman–Crippen LogP) is 5.75. The molecule has 2 heterocycles. The molecule has 0 aliphatic carbocycles. The number of ether oxygens (including phenoxy) is 2. The van der Waals surface area contributed by atoms with E-state index >= 15 is 0 Å². The smallest absolute Gasteiger partial charge is 0.418 e. The van der Waals surface area contributed by atoms with Crippen LogP contribution in [0.1, 0.15) is 19.4 Å². The SMILES string of the molecule is CC1(C)OC(=O)N(c2ccccc2)[C@@]12C=Cc1cc(Br)cc(Br)c1O2. The topological polar surface area (TPSA) is 38.8 Å². The minimum atomic E-state index is -1.07. The molecule has 2 aliphatic rings. The highest BCUT2D eigenvalue weighted by Crippen LogP contribution is 2.49. The van der Waals surface area contributed by atoms with Gasteiger partial charge in [0.05, 0.1) is 10.2 Å². The van der Waals surface area contributed by atoms with Crippen molar-refractivity contribution in [2.45, 2.75) is 25.2 Å². The number of rotatable bonds is 1. The third-order valence-electron chi connectivity index (χ3n) is 4.52. The molecule has 4 nitrogen and oxygen atoms in total. The van der Waals surface area contributed by atoms with Gasteiger partial charge in [0, 0.05) is 10.0 Å². The Labute approximate surface area is 162 Å². The van der Waals surface area contributed by atoms with Gasteiger partial charge in [-0.2, -0.15) is 0 Å². The number of hydrogen-bond donors (Lipinski definition) is 0. The molecule has 0 aromatic heterocycles. The van der Waals surface area contributed by atoms with Gasteiger partial charge in [0.2, 0.25) is 0 Å². The average molecular weight is 465 g/mol. The third kappa shape index (κ3) is 2.42. The van der Waals surface area contributed by atoms with Crippen LogP contribution >= 0.6 is 31.9 Å². The van der Waals surface area contributed by atoms with Crippen LogP contribution in [0.3, 0.4) is 0 Å². The Morgan fingerprint density at radius 3 is 2.48 bits per heavy atom. The monoisotopic (exact) mass is 463 g/mol. The summed E-state index contributed by atoms with van der Waals surface area (Å²) < 4.78 is 13.9. The zero-order chi connectivity index (χ0) is 17.8. The molecule has 0 bridgehead atoms. The summed E-state index contributed by atoms with van der Waals surface area (Å²) in [5, 5.41) is 0. The van der Waals surface area contributed by atoms with E-state index in [2.05, 4.69) is 31.9 Å². The fourth-order valence-corrected chi connectivity index (χ4v) is 4.60. The minimum Gasteiger partial charge on any atom is -0.458 e. The van der Waals surface area contributed by atoms with Crippen LogP contribution in [-0.2, 0) is 4.74 Å². The lowest BCUT2D eigenvalue weighted by atomic mass is 9.90. The second-order valence-corrected chi connectivity index (χ2v) is 8.26. The first kappa shape index (κ1) is 16.7. The van der Waals surface area contributed by atoms with Gasteiger partial charge in [0.15, 0.2) is 5.60 Å². The van der Waals surface area contributed by atoms with Gasteiger partial charge in [-0.3, -0.25) is 0 Å². The molecule has 1 saturated heterocycles. The number of halogens is 2. The molecule has 2 aromatic carbocycles. The van der Waals surface area contributed by atoms with E-state index in [0.717, 1.165) is 20.2 Å². The quantitative estimate of drug-likeness (QED) is 0.539. The fraction of sp³-hybridized carbons (Fsp3) is 0.211. The van der Waals surface area contributed by atoms with Crippen molar-refractivity contribution in [3.63, 3.8) is 0 Å². The molecular weight excluding hydrogens is 450 g/mol. The highest BCUT2D eigenvalue weighted by Gasteiger charge is 2.63. The lowest BCUT2D eigenvalue weighted by molar-refractivity contribution is -0.0383. The van der Waals surface area contributed by atoms with Crippen molar-refractivity contribution < 1.29 is 14.3 Å². The standard InChI is InChI=1S/C19H15Br2NO3/c1-18(2)19(22(17(23)25-18)14-6-4-3-5-7-14)9-8-12-10-13(20)11-15(21)16(12)24-19/h3-11H,1-2H3/t19-/m1/s1. The molecule has 1 fully saturated rings. The van der Waals surface area contributed by atoms with E-state index in [4.69, 9.17) is 9.47 Å². The van der Waals surface area contributed by atoms with E-state index in [1.807, 2.05) is 68.5 Å². The van der Waals surface area contributed by atoms with E-state index in [-0.39, 0.29) is 0 Å². The van der Waals surface area contributed by atoms with Crippen LogP contribution in [0, 0.1) is 0 Å². The number of cyclic esters (lactones) is 1. The Balaban J connectivity index is 1.90. The number of amides is 1. The maximum absolute atomic E-state index is 12.7. The molecule has 128 valence electrons. The molecule has 0 saturated carbocycles. The molecule has 2 aromatic rings. The first-order chi connectivity index (χ1) is 11.8. The van der Waals surface area contributed by atoms with Gasteiger partial charge in [-0.1, -0.05) is 34.1 Å². The van der Waals surface area contributed by atoms with Crippen molar-refractivity contribution in [1.82, 2.24) is 0 Å². The van der Waals surface area contributed by atoms with Crippen LogP contribution in [0.4, 0.5) is 10.5 Å². The second-order valence-electron chi connectivity index (χ2n) is 6.49. The number of hydrogen-bond acceptors (Lipinski definition) is 3. The number of fused-ring (bicyclic) bond motifs is 1. The van der Waals surface area contributed by atoms with E-state index in [1.165, 1.54) is 0 Å². The molecule has 4 rings (SSSR count). The van der Waals surface area contributed by atoms with Gasteiger partial charge in [0.25, 0.3) is 5.72 Å². The summed E-state index contributed by atoms with van der Waals surface area (Å²) in [6.07, 6.45) is 3.43. The molecule has 1 spiro atoms. The molecule has 0 radical (unpaired) electrons. The Morgan fingerprint density at radius 2 is 1.76 bits per heavy atom. The van der Waals surface area contributed by atoms with Crippen molar-refractivity contribution in [2.24, 2.45) is 0 Å². The van der Waals surface area contributed by atoms with Gasteiger partial charge >= 0.3 is 6.09 Å². The molecular formula is C19H15Br2NO3. The normalized spacial score (nSPS) is 23.4. The molecule has 2 aliphatic heterocycles. The number of carbonyl (C=O) groups excluding carboxylic acids is 1. The first-order valence-electron chi connectivity index (χ1n) is 7.80. The number of carbonyl (C=O) groups is 1. The summed E-state index contributed by atoms with van der Waals surface area (Å²) in [7, 11) is 0. The highest BCUT2D eigenvalue weighted by molar-refractivity contribution is 9.11. The van der Waals surface area contributed by atoms with Crippen molar-refractivity contribution in [3.8, 4) is 5.75 Å². The van der Waals surface area contributed by atoms with Crippen LogP contribution < -0.4 is 9.64 Å². The van der Waals surface area contributed by atoms with E-state index in [1.54, 1.807) is 4.90 Å². The number of anilines is 1. The lowest BCUT2D eigenvalue weighted by Crippen LogP contribution is -2.60. The van der Waals surface area contributed by atoms with Crippen molar-refractivity contribution >= 4 is 49.7 Å². The van der Waals surface area contributed by atoms with Crippen LogP contribution in [0.2, 0.25) is 0 Å². The number of para-hydroxylation sites is 1. The maximum atomic E-state index is 12.7. The molecule has 0 unspecified atom stereocenters. The van der Waals surface area contributed by atoms with E-state index < -0.39 is 17.4 Å². The summed E-state index contributed by atoms with van der Waals surface area (Å²) >= 11 is 7.05. The number of nitrogens with zero attached hydrogens (tertiary/aromatic N) is 1. The summed E-state index contributed by atoms with van der Waals surface area (Å²) in [5.41, 5.74) is -0.301. The summed E-state index contributed by atoms with van der Waals surface area (Å²) in [6.45, 7) is 3.71. The minimum absolute atomic E-state index is 0.433. The van der Waals surface area contributed by atoms with Crippen molar-refractivity contribution in [3.05, 3.63) is 63.0 Å². The zero-order valence-corrected chi connectivity index (χ0v) is 16.8. The zero-order valence-electron chi connectivity index (χ0n) is 13.6. The Hall–Kier alpha value is -1.79. The van der Waals surface area contributed by atoms with Crippen molar-refractivity contribution in [2.75, 3.05) is 4.90 Å². The van der Waals surface area contributed by atoms with Gasteiger partial charge in [-0.25, -0.2) is 9.69 Å². The van der Waals surface area contributed by atoms with Gasteiger partial charge < -0.3 is 9.47 Å². The Kier molecular flexibility index (Phi) is 3.74. The lowest BCUT2D eigenvalue weighted by Gasteiger charge is -2.42. The predicted molar refractivity (Wildman–Crippen MR) is 104 cm³/mol. The van der Waals surface area contributed by atoms with Crippen molar-refractivity contribution in [1.29, 1.82) is 0 Å². The first-order valence-corrected chi connectivity index (χ1v) is 9.38. The molecule has 6 heteroatoms. The molecule has 25 heavy (non-hydrogen) atoms. The maximum Gasteiger partial charge on any atom is 0.418 e. The summed E-state index contributed by atoms with van der Waals surface area (Å²) in [4.78, 5) is 14.3. The van der Waals surface area contributed by atoms with Crippen LogP contribution in [0.5, 0.6) is 5.75 Å². The van der Waals surface area contributed by atoms with E-state index in [0.29, 0.717) is 5.75 Å². The largest absolute Gasteiger partial charge is 0.458 e. The molecule has 0 N–H and O–H groups in total. The van der Waals surface area contributed by atoms with Gasteiger partial charge in [-0.05, 0) is 66.2 Å². The molecule has 1 amide bonds. The van der Waals surface area contributed by atoms with Gasteiger partial charge in [0.1, 0.15) is 5.75 Å². The van der Waals surface area contributed by atoms with Crippen LogP contribution in [0.25, 0.3) is 6.08 Å². The Bertz CT molecular complexity index is 895. The van der Waals surface area contributed by atoms with Gasteiger partial charge in [-0.15, -0.1) is 0 Å². The summed E-state index contributed by atoms with van der Waals surface area (Å²) in [6, 6.07) is 13.3. The fourth-order valence-electron chi connectivity index (χ4n) is 3.26.